The average Bonchev–Trinajstić information content (AvgIpc) is 2.38. The normalized spacial score (nSPS) is 13.8. The van der Waals surface area contributed by atoms with E-state index in [1.807, 2.05) is 20.8 Å². The first-order valence-corrected chi connectivity index (χ1v) is 7.11. The van der Waals surface area contributed by atoms with Crippen molar-refractivity contribution in [3.8, 4) is 0 Å². The molecule has 2 N–H and O–H groups in total. The highest BCUT2D eigenvalue weighted by atomic mass is 16.5. The maximum Gasteiger partial charge on any atom is 0.326 e. The summed E-state index contributed by atoms with van der Waals surface area (Å²) in [7, 11) is 3.11. The van der Waals surface area contributed by atoms with Gasteiger partial charge in [-0.3, -0.25) is 0 Å². The highest BCUT2D eigenvalue weighted by Gasteiger charge is 2.26. The maximum atomic E-state index is 12.3. The number of carboxylic acid groups (broad SMARTS) is 1. The van der Waals surface area contributed by atoms with Gasteiger partial charge < -0.3 is 24.8 Å². The number of hydrogen-bond donors (Lipinski definition) is 2. The molecule has 0 bridgehead atoms. The molecule has 2 unspecified atom stereocenters. The number of urea groups is 1. The Balaban J connectivity index is 4.79. The number of methoxy groups -OCH3 is 2. The molecule has 0 spiro atoms. The molecule has 7 nitrogen and oxygen atoms in total. The van der Waals surface area contributed by atoms with Crippen molar-refractivity contribution in [1.29, 1.82) is 0 Å². The first-order chi connectivity index (χ1) is 9.83. The molecule has 0 saturated heterocycles. The smallest absolute Gasteiger partial charge is 0.326 e. The van der Waals surface area contributed by atoms with Gasteiger partial charge in [-0.1, -0.05) is 13.8 Å². The summed E-state index contributed by atoms with van der Waals surface area (Å²) in [4.78, 5) is 25.1. The van der Waals surface area contributed by atoms with E-state index in [0.717, 1.165) is 0 Å². The largest absolute Gasteiger partial charge is 0.480 e. The van der Waals surface area contributed by atoms with E-state index in [1.54, 1.807) is 14.2 Å². The lowest BCUT2D eigenvalue weighted by Gasteiger charge is -2.30. The third kappa shape index (κ3) is 7.87. The van der Waals surface area contributed by atoms with Crippen molar-refractivity contribution < 1.29 is 24.2 Å². The molecule has 0 aromatic heterocycles. The van der Waals surface area contributed by atoms with Crippen molar-refractivity contribution in [2.75, 3.05) is 34.0 Å². The summed E-state index contributed by atoms with van der Waals surface area (Å²) in [5.41, 5.74) is 0. The average molecular weight is 304 g/mol. The highest BCUT2D eigenvalue weighted by Crippen LogP contribution is 2.07. The molecule has 0 aliphatic carbocycles. The predicted octanol–water partition coefficient (Wildman–Crippen LogP) is 1.18. The molecule has 0 rings (SSSR count). The molecule has 2 amide bonds. The van der Waals surface area contributed by atoms with Gasteiger partial charge in [-0.25, -0.2) is 9.59 Å². The van der Waals surface area contributed by atoms with E-state index in [1.165, 1.54) is 4.90 Å². The minimum absolute atomic E-state index is 0.168. The fraction of sp³-hybridized carbons (Fsp3) is 0.857. The lowest BCUT2D eigenvalue weighted by molar-refractivity contribution is -0.139. The minimum atomic E-state index is -1.02. The SMILES string of the molecule is COCCN(C(=O)NC(CC(C)C)C(=O)O)C(C)COC. The van der Waals surface area contributed by atoms with Crippen LogP contribution in [0.1, 0.15) is 27.2 Å². The predicted molar refractivity (Wildman–Crippen MR) is 79.3 cm³/mol. The quantitative estimate of drug-likeness (QED) is 0.633. The van der Waals surface area contributed by atoms with Crippen molar-refractivity contribution in [3.05, 3.63) is 0 Å². The summed E-state index contributed by atoms with van der Waals surface area (Å²) in [6.45, 7) is 6.80. The minimum Gasteiger partial charge on any atom is -0.480 e. The Bertz CT molecular complexity index is 322. The van der Waals surface area contributed by atoms with E-state index in [0.29, 0.717) is 26.2 Å². The van der Waals surface area contributed by atoms with Crippen LogP contribution in [0, 0.1) is 5.92 Å². The summed E-state index contributed by atoms with van der Waals surface area (Å²) in [5.74, 6) is -0.849. The molecule has 0 aliphatic rings. The molecule has 0 aromatic rings. The topological polar surface area (TPSA) is 88.1 Å². The summed E-state index contributed by atoms with van der Waals surface area (Å²) in [6, 6.07) is -1.47. The van der Waals surface area contributed by atoms with Crippen molar-refractivity contribution in [2.45, 2.75) is 39.3 Å². The van der Waals surface area contributed by atoms with Crippen molar-refractivity contribution in [3.63, 3.8) is 0 Å². The van der Waals surface area contributed by atoms with Crippen LogP contribution in [0.15, 0.2) is 0 Å². The van der Waals surface area contributed by atoms with Crippen LogP contribution in [0.3, 0.4) is 0 Å². The molecule has 2 atom stereocenters. The van der Waals surface area contributed by atoms with E-state index in [4.69, 9.17) is 9.47 Å². The number of ether oxygens (including phenoxy) is 2. The van der Waals surface area contributed by atoms with E-state index in [-0.39, 0.29) is 12.0 Å². The monoisotopic (exact) mass is 304 g/mol. The van der Waals surface area contributed by atoms with Crippen molar-refractivity contribution in [1.82, 2.24) is 10.2 Å². The Hall–Kier alpha value is -1.34. The van der Waals surface area contributed by atoms with Crippen molar-refractivity contribution >= 4 is 12.0 Å². The van der Waals surface area contributed by atoms with Gasteiger partial charge in [0, 0.05) is 20.8 Å². The number of carbonyl (C=O) groups excluding carboxylic acids is 1. The molecule has 7 heteroatoms. The summed E-state index contributed by atoms with van der Waals surface area (Å²) in [6.07, 6.45) is 0.387. The zero-order valence-electron chi connectivity index (χ0n) is 13.6. The Morgan fingerprint density at radius 2 is 1.81 bits per heavy atom. The lowest BCUT2D eigenvalue weighted by Crippen LogP contribution is -2.52. The highest BCUT2D eigenvalue weighted by molar-refractivity contribution is 5.82. The zero-order chi connectivity index (χ0) is 16.4. The lowest BCUT2D eigenvalue weighted by atomic mass is 10.0. The number of rotatable bonds is 10. The van der Waals surface area contributed by atoms with E-state index in [2.05, 4.69) is 5.32 Å². The standard InChI is InChI=1S/C14H28N2O5/c1-10(2)8-12(13(17)18)15-14(19)16(6-7-20-4)11(3)9-21-5/h10-12H,6-9H2,1-5H3,(H,15,19)(H,17,18). The second-order valence-electron chi connectivity index (χ2n) is 5.46. The Labute approximate surface area is 126 Å². The number of amides is 2. The molecule has 0 saturated carbocycles. The van der Waals surface area contributed by atoms with Crippen molar-refractivity contribution in [2.24, 2.45) is 5.92 Å². The molecule has 0 heterocycles. The molecular formula is C14H28N2O5. The fourth-order valence-corrected chi connectivity index (χ4v) is 1.97. The maximum absolute atomic E-state index is 12.3. The Morgan fingerprint density at radius 1 is 1.19 bits per heavy atom. The zero-order valence-corrected chi connectivity index (χ0v) is 13.6. The Kier molecular flexibility index (Phi) is 9.73. The van der Waals surface area contributed by atoms with Crippen LogP contribution in [0.4, 0.5) is 4.79 Å². The summed E-state index contributed by atoms with van der Waals surface area (Å²) >= 11 is 0. The summed E-state index contributed by atoms with van der Waals surface area (Å²) < 4.78 is 10.0. The molecule has 124 valence electrons. The van der Waals surface area contributed by atoms with E-state index in [9.17, 15) is 14.7 Å². The van der Waals surface area contributed by atoms with Crippen LogP contribution in [0.25, 0.3) is 0 Å². The van der Waals surface area contributed by atoms with Gasteiger partial charge in [0.15, 0.2) is 0 Å². The van der Waals surface area contributed by atoms with Gasteiger partial charge in [0.25, 0.3) is 0 Å². The third-order valence-electron chi connectivity index (χ3n) is 3.04. The van der Waals surface area contributed by atoms with E-state index >= 15 is 0 Å². The van der Waals surface area contributed by atoms with Crippen LogP contribution in [-0.2, 0) is 14.3 Å². The fourth-order valence-electron chi connectivity index (χ4n) is 1.97. The van der Waals surface area contributed by atoms with Gasteiger partial charge >= 0.3 is 12.0 Å². The molecule has 0 radical (unpaired) electrons. The van der Waals surface area contributed by atoms with Crippen LogP contribution in [-0.4, -0.2) is 68.1 Å². The number of carbonyl (C=O) groups is 2. The first-order valence-electron chi connectivity index (χ1n) is 7.11. The van der Waals surface area contributed by atoms with Crippen LogP contribution < -0.4 is 5.32 Å². The number of carboxylic acids is 1. The molecule has 21 heavy (non-hydrogen) atoms. The van der Waals surface area contributed by atoms with Gasteiger partial charge in [0.05, 0.1) is 19.3 Å². The molecule has 0 aromatic carbocycles. The molecule has 0 aliphatic heterocycles. The van der Waals surface area contributed by atoms with Gasteiger partial charge in [-0.05, 0) is 19.3 Å². The van der Waals surface area contributed by atoms with Gasteiger partial charge in [-0.15, -0.1) is 0 Å². The van der Waals surface area contributed by atoms with Crippen LogP contribution in [0.5, 0.6) is 0 Å². The van der Waals surface area contributed by atoms with Crippen LogP contribution >= 0.6 is 0 Å². The van der Waals surface area contributed by atoms with Crippen LogP contribution in [0.2, 0.25) is 0 Å². The number of nitrogens with one attached hydrogen (secondary N) is 1. The number of nitrogens with zero attached hydrogens (tertiary/aromatic N) is 1. The third-order valence-corrected chi connectivity index (χ3v) is 3.04. The first kappa shape index (κ1) is 19.7. The Morgan fingerprint density at radius 3 is 2.24 bits per heavy atom. The molecular weight excluding hydrogens is 276 g/mol. The number of aliphatic carboxylic acids is 1. The molecule has 0 fully saturated rings. The van der Waals surface area contributed by atoms with Gasteiger partial charge in [-0.2, -0.15) is 0 Å². The van der Waals surface area contributed by atoms with Gasteiger partial charge in [0.2, 0.25) is 0 Å². The number of hydrogen-bond acceptors (Lipinski definition) is 4. The van der Waals surface area contributed by atoms with E-state index < -0.39 is 18.0 Å². The second kappa shape index (κ2) is 10.4. The summed E-state index contributed by atoms with van der Waals surface area (Å²) in [5, 5.41) is 11.8. The van der Waals surface area contributed by atoms with Gasteiger partial charge in [0.1, 0.15) is 6.04 Å². The second-order valence-corrected chi connectivity index (χ2v) is 5.46.